The molecule has 12 heavy (non-hydrogen) atoms. The lowest BCUT2D eigenvalue weighted by Gasteiger charge is -2.21. The van der Waals surface area contributed by atoms with Crippen LogP contribution < -0.4 is 0 Å². The van der Waals surface area contributed by atoms with Crippen molar-refractivity contribution in [3.8, 4) is 0 Å². The minimum absolute atomic E-state index is 0.399. The maximum Gasteiger partial charge on any atom is 0.527 e. The van der Waals surface area contributed by atoms with Crippen LogP contribution in [0.4, 0.5) is 22.0 Å². The van der Waals surface area contributed by atoms with Crippen LogP contribution in [0.15, 0.2) is 0 Å². The summed E-state index contributed by atoms with van der Waals surface area (Å²) in [5.41, 5.74) is 0. The highest BCUT2D eigenvalue weighted by Crippen LogP contribution is 2.26. The summed E-state index contributed by atoms with van der Waals surface area (Å²) >= 11 is 0. The molecule has 1 atom stereocenters. The van der Waals surface area contributed by atoms with E-state index in [2.05, 4.69) is 9.47 Å². The van der Waals surface area contributed by atoms with Gasteiger partial charge < -0.3 is 4.74 Å². The Morgan fingerprint density at radius 2 is 1.67 bits per heavy atom. The summed E-state index contributed by atoms with van der Waals surface area (Å²) in [6, 6.07) is -3.33. The summed E-state index contributed by atoms with van der Waals surface area (Å²) in [5.74, 6) is 0. The Labute approximate surface area is 65.3 Å². The average molecular weight is 194 g/mol. The number of alkyl halides is 5. The topological polar surface area (TPSA) is 18.5 Å². The van der Waals surface area contributed by atoms with E-state index < -0.39 is 25.7 Å². The molecule has 0 aliphatic carbocycles. The number of halogens is 5. The molecule has 0 fully saturated rings. The Morgan fingerprint density at radius 1 is 1.17 bits per heavy atom. The number of rotatable bonds is 4. The molecule has 74 valence electrons. The van der Waals surface area contributed by atoms with Crippen molar-refractivity contribution in [3.63, 3.8) is 0 Å². The fourth-order valence-electron chi connectivity index (χ4n) is 0.457. The van der Waals surface area contributed by atoms with Gasteiger partial charge in [-0.3, -0.25) is 0 Å². The summed E-state index contributed by atoms with van der Waals surface area (Å²) in [7, 11) is 0. The second-order valence-corrected chi connectivity index (χ2v) is 1.92. The molecule has 0 N–H and O–H groups in total. The van der Waals surface area contributed by atoms with Crippen molar-refractivity contribution in [2.45, 2.75) is 19.3 Å². The van der Waals surface area contributed by atoms with Crippen molar-refractivity contribution in [2.75, 3.05) is 13.3 Å². The summed E-state index contributed by atoms with van der Waals surface area (Å²) < 4.78 is 64.4. The lowest BCUT2D eigenvalue weighted by atomic mass is 10.6. The van der Waals surface area contributed by atoms with Crippen LogP contribution in [0.25, 0.3) is 0 Å². The maximum absolute atomic E-state index is 12.4. The normalized spacial score (nSPS) is 17.5. The molecule has 0 saturated carbocycles. The van der Waals surface area contributed by atoms with Crippen molar-refractivity contribution in [2.24, 2.45) is 0 Å². The second-order valence-electron chi connectivity index (χ2n) is 1.92. The Hall–Kier alpha value is -0.430. The summed E-state index contributed by atoms with van der Waals surface area (Å²) in [4.78, 5) is 0. The molecular weight excluding hydrogens is 187 g/mol. The van der Waals surface area contributed by atoms with Crippen LogP contribution in [0.1, 0.15) is 6.92 Å². The van der Waals surface area contributed by atoms with Gasteiger partial charge in [0.15, 0.2) is 0 Å². The van der Waals surface area contributed by atoms with Crippen LogP contribution >= 0.6 is 0 Å². The van der Waals surface area contributed by atoms with E-state index in [9.17, 15) is 22.0 Å². The summed E-state index contributed by atoms with van der Waals surface area (Å²) in [5, 5.41) is 0. The largest absolute Gasteiger partial charge is 0.527 e. The average Bonchev–Trinajstić information content (AvgIpc) is 1.78. The SMILES string of the molecule is CC(F)(OCCF)OC(F)(F)F. The Morgan fingerprint density at radius 3 is 2.00 bits per heavy atom. The third kappa shape index (κ3) is 6.29. The molecule has 0 heterocycles. The Balaban J connectivity index is 3.86. The Bertz CT molecular complexity index is 132. The van der Waals surface area contributed by atoms with E-state index in [4.69, 9.17) is 0 Å². The van der Waals surface area contributed by atoms with Gasteiger partial charge in [0.2, 0.25) is 0 Å². The van der Waals surface area contributed by atoms with E-state index in [1.54, 1.807) is 0 Å². The van der Waals surface area contributed by atoms with Gasteiger partial charge in [0, 0.05) is 6.92 Å². The van der Waals surface area contributed by atoms with Crippen LogP contribution in [0.5, 0.6) is 0 Å². The maximum atomic E-state index is 12.4. The number of hydrogen-bond donors (Lipinski definition) is 0. The summed E-state index contributed by atoms with van der Waals surface area (Å²) in [6.07, 6.45) is -5.14. The van der Waals surface area contributed by atoms with Crippen molar-refractivity contribution in [1.82, 2.24) is 0 Å². The van der Waals surface area contributed by atoms with Gasteiger partial charge in [0.05, 0.1) is 6.61 Å². The molecule has 2 nitrogen and oxygen atoms in total. The van der Waals surface area contributed by atoms with E-state index in [0.717, 1.165) is 0 Å². The first-order chi connectivity index (χ1) is 5.27. The van der Waals surface area contributed by atoms with Crippen LogP contribution in [0, 0.1) is 0 Å². The molecule has 0 radical (unpaired) electrons. The predicted molar refractivity (Wildman–Crippen MR) is 28.6 cm³/mol. The lowest BCUT2D eigenvalue weighted by molar-refractivity contribution is -0.448. The minimum Gasteiger partial charge on any atom is -0.321 e. The molecular formula is C5H7F5O2. The van der Waals surface area contributed by atoms with Gasteiger partial charge in [-0.2, -0.15) is 4.39 Å². The first-order valence-electron chi connectivity index (χ1n) is 2.92. The zero-order valence-corrected chi connectivity index (χ0v) is 6.12. The number of hydrogen-bond acceptors (Lipinski definition) is 2. The molecule has 0 aliphatic heterocycles. The zero-order chi connectivity index (χ0) is 9.83. The second kappa shape index (κ2) is 3.99. The highest BCUT2D eigenvalue weighted by molar-refractivity contribution is 4.45. The van der Waals surface area contributed by atoms with Gasteiger partial charge in [-0.25, -0.2) is 9.13 Å². The van der Waals surface area contributed by atoms with E-state index in [1.165, 1.54) is 0 Å². The van der Waals surface area contributed by atoms with Crippen LogP contribution in [-0.2, 0) is 9.47 Å². The molecule has 0 aromatic heterocycles. The summed E-state index contributed by atoms with van der Waals surface area (Å²) in [6.45, 7) is -1.47. The molecule has 0 saturated heterocycles. The van der Waals surface area contributed by atoms with Gasteiger partial charge in [-0.1, -0.05) is 0 Å². The minimum atomic E-state index is -5.14. The van der Waals surface area contributed by atoms with Crippen LogP contribution in [0.2, 0.25) is 0 Å². The van der Waals surface area contributed by atoms with Gasteiger partial charge >= 0.3 is 12.4 Å². The highest BCUT2D eigenvalue weighted by atomic mass is 19.4. The van der Waals surface area contributed by atoms with E-state index in [-0.39, 0.29) is 0 Å². The standard InChI is InChI=1S/C5H7F5O2/c1-4(7,11-3-2-6)12-5(8,9)10/h2-3H2,1H3. The third-order valence-corrected chi connectivity index (χ3v) is 0.735. The lowest BCUT2D eigenvalue weighted by Crippen LogP contribution is -2.34. The van der Waals surface area contributed by atoms with Crippen LogP contribution in [-0.4, -0.2) is 25.7 Å². The van der Waals surface area contributed by atoms with Gasteiger partial charge in [0.1, 0.15) is 6.67 Å². The van der Waals surface area contributed by atoms with E-state index >= 15 is 0 Å². The highest BCUT2D eigenvalue weighted by Gasteiger charge is 2.41. The van der Waals surface area contributed by atoms with Gasteiger partial charge in [0.25, 0.3) is 0 Å². The molecule has 0 bridgehead atoms. The van der Waals surface area contributed by atoms with E-state index in [0.29, 0.717) is 6.92 Å². The molecule has 0 aromatic carbocycles. The molecule has 0 amide bonds. The van der Waals surface area contributed by atoms with Crippen molar-refractivity contribution in [1.29, 1.82) is 0 Å². The molecule has 0 aliphatic rings. The third-order valence-electron chi connectivity index (χ3n) is 0.735. The van der Waals surface area contributed by atoms with Crippen molar-refractivity contribution >= 4 is 0 Å². The molecule has 7 heteroatoms. The Kier molecular flexibility index (Phi) is 3.85. The monoisotopic (exact) mass is 194 g/mol. The molecule has 0 spiro atoms. The fraction of sp³-hybridized carbons (Fsp3) is 1.00. The molecule has 0 rings (SSSR count). The quantitative estimate of drug-likeness (QED) is 0.504. The van der Waals surface area contributed by atoms with Crippen molar-refractivity contribution in [3.05, 3.63) is 0 Å². The molecule has 0 aromatic rings. The van der Waals surface area contributed by atoms with Gasteiger partial charge in [-0.05, 0) is 0 Å². The van der Waals surface area contributed by atoms with Gasteiger partial charge in [-0.15, -0.1) is 13.2 Å². The van der Waals surface area contributed by atoms with E-state index in [1.807, 2.05) is 0 Å². The predicted octanol–water partition coefficient (Wildman–Crippen LogP) is 2.15. The van der Waals surface area contributed by atoms with Crippen LogP contribution in [0.3, 0.4) is 0 Å². The first kappa shape index (κ1) is 11.6. The van der Waals surface area contributed by atoms with Crippen molar-refractivity contribution < 1.29 is 31.4 Å². The zero-order valence-electron chi connectivity index (χ0n) is 6.12. The first-order valence-corrected chi connectivity index (χ1v) is 2.92. The fourth-order valence-corrected chi connectivity index (χ4v) is 0.457. The smallest absolute Gasteiger partial charge is 0.321 e. The number of ether oxygens (including phenoxy) is 2. The molecule has 1 unspecified atom stereocenters.